The summed E-state index contributed by atoms with van der Waals surface area (Å²) in [6, 6.07) is 1.28. The second-order valence-corrected chi connectivity index (χ2v) is 4.29. The van der Waals surface area contributed by atoms with E-state index >= 15 is 0 Å². The zero-order valence-electron chi connectivity index (χ0n) is 9.32. The van der Waals surface area contributed by atoms with Crippen LogP contribution < -0.4 is 5.73 Å². The Hall–Kier alpha value is -1.22. The maximum Gasteiger partial charge on any atom is 0.141 e. The highest BCUT2D eigenvalue weighted by Crippen LogP contribution is 2.27. The molecule has 1 aliphatic rings. The summed E-state index contributed by atoms with van der Waals surface area (Å²) in [5.74, 6) is -0.317. The minimum Gasteiger partial charge on any atom is -0.320 e. The molecule has 2 rings (SSSR count). The molecule has 0 radical (unpaired) electrons. The molecule has 3 heteroatoms. The van der Waals surface area contributed by atoms with E-state index < -0.39 is 0 Å². The number of rotatable bonds is 2. The molecule has 2 nitrogen and oxygen atoms in total. The Balaban J connectivity index is 2.17. The number of nitrogens with zero attached hydrogens (tertiary/aromatic N) is 1. The summed E-state index contributed by atoms with van der Waals surface area (Å²) in [4.78, 5) is 3.84. The standard InChI is InChI=1S/C13H17FN2/c14-12-7-11(8-16-9-12)13(15)10-5-3-1-2-4-6-10/h5,7-9,13H,1-4,6,15H2. The van der Waals surface area contributed by atoms with Crippen molar-refractivity contribution in [3.8, 4) is 0 Å². The summed E-state index contributed by atoms with van der Waals surface area (Å²) >= 11 is 0. The number of hydrogen-bond donors (Lipinski definition) is 1. The predicted octanol–water partition coefficient (Wildman–Crippen LogP) is 3.11. The third-order valence-electron chi connectivity index (χ3n) is 3.06. The average Bonchev–Trinajstić information content (AvgIpc) is 2.56. The van der Waals surface area contributed by atoms with Crippen LogP contribution in [0.3, 0.4) is 0 Å². The molecule has 1 unspecified atom stereocenters. The third kappa shape index (κ3) is 2.67. The monoisotopic (exact) mass is 220 g/mol. The Bertz CT molecular complexity index is 387. The molecule has 0 aliphatic heterocycles. The van der Waals surface area contributed by atoms with Crippen molar-refractivity contribution in [3.63, 3.8) is 0 Å². The lowest BCUT2D eigenvalue weighted by molar-refractivity contribution is 0.614. The van der Waals surface area contributed by atoms with E-state index in [2.05, 4.69) is 11.1 Å². The van der Waals surface area contributed by atoms with Gasteiger partial charge in [0.05, 0.1) is 12.2 Å². The first-order valence-corrected chi connectivity index (χ1v) is 5.82. The quantitative estimate of drug-likeness (QED) is 0.778. The van der Waals surface area contributed by atoms with Crippen LogP contribution in [0.4, 0.5) is 4.39 Å². The van der Waals surface area contributed by atoms with Gasteiger partial charge >= 0.3 is 0 Å². The predicted molar refractivity (Wildman–Crippen MR) is 62.3 cm³/mol. The lowest BCUT2D eigenvalue weighted by atomic mass is 9.97. The van der Waals surface area contributed by atoms with Gasteiger partial charge in [-0.15, -0.1) is 0 Å². The van der Waals surface area contributed by atoms with Gasteiger partial charge in [0.25, 0.3) is 0 Å². The lowest BCUT2D eigenvalue weighted by Gasteiger charge is -2.15. The van der Waals surface area contributed by atoms with Crippen LogP contribution in [-0.2, 0) is 0 Å². The Morgan fingerprint density at radius 2 is 2.12 bits per heavy atom. The van der Waals surface area contributed by atoms with Crippen LogP contribution in [0.25, 0.3) is 0 Å². The van der Waals surface area contributed by atoms with Gasteiger partial charge in [-0.05, 0) is 37.3 Å². The van der Waals surface area contributed by atoms with Crippen LogP contribution >= 0.6 is 0 Å². The molecule has 0 aromatic carbocycles. The first-order chi connectivity index (χ1) is 7.77. The summed E-state index contributed by atoms with van der Waals surface area (Å²) in [6.07, 6.45) is 10.9. The highest BCUT2D eigenvalue weighted by atomic mass is 19.1. The molecule has 16 heavy (non-hydrogen) atoms. The molecule has 0 fully saturated rings. The van der Waals surface area contributed by atoms with E-state index in [-0.39, 0.29) is 11.9 Å². The van der Waals surface area contributed by atoms with E-state index in [9.17, 15) is 4.39 Å². The van der Waals surface area contributed by atoms with Crippen molar-refractivity contribution in [1.29, 1.82) is 0 Å². The Morgan fingerprint density at radius 1 is 1.25 bits per heavy atom. The van der Waals surface area contributed by atoms with Crippen molar-refractivity contribution in [2.45, 2.75) is 38.1 Å². The molecule has 1 aromatic rings. The fourth-order valence-corrected chi connectivity index (χ4v) is 2.13. The largest absolute Gasteiger partial charge is 0.320 e. The maximum atomic E-state index is 13.0. The molecule has 0 saturated heterocycles. The molecular formula is C13H17FN2. The van der Waals surface area contributed by atoms with Crippen LogP contribution in [0.5, 0.6) is 0 Å². The SMILES string of the molecule is NC(C1=CCCCCC1)c1cncc(F)c1. The van der Waals surface area contributed by atoms with Crippen LogP contribution in [0.2, 0.25) is 0 Å². The molecular weight excluding hydrogens is 203 g/mol. The molecule has 86 valence electrons. The van der Waals surface area contributed by atoms with E-state index in [1.165, 1.54) is 37.1 Å². The normalized spacial score (nSPS) is 18.8. The molecule has 2 N–H and O–H groups in total. The summed E-state index contributed by atoms with van der Waals surface area (Å²) in [5, 5.41) is 0. The first kappa shape index (κ1) is 11.3. The van der Waals surface area contributed by atoms with Crippen molar-refractivity contribution >= 4 is 0 Å². The van der Waals surface area contributed by atoms with Gasteiger partial charge in [-0.1, -0.05) is 18.1 Å². The summed E-state index contributed by atoms with van der Waals surface area (Å²) in [5.41, 5.74) is 8.13. The van der Waals surface area contributed by atoms with Gasteiger partial charge in [-0.2, -0.15) is 0 Å². The Morgan fingerprint density at radius 3 is 2.94 bits per heavy atom. The van der Waals surface area contributed by atoms with E-state index in [0.29, 0.717) is 0 Å². The number of nitrogens with two attached hydrogens (primary N) is 1. The molecule has 0 bridgehead atoms. The minimum atomic E-state index is -0.317. The van der Waals surface area contributed by atoms with Crippen molar-refractivity contribution < 1.29 is 4.39 Å². The van der Waals surface area contributed by atoms with Crippen molar-refractivity contribution in [1.82, 2.24) is 4.98 Å². The van der Waals surface area contributed by atoms with Gasteiger partial charge in [0.2, 0.25) is 0 Å². The van der Waals surface area contributed by atoms with Gasteiger partial charge in [-0.25, -0.2) is 4.39 Å². The zero-order chi connectivity index (χ0) is 11.4. The number of hydrogen-bond acceptors (Lipinski definition) is 2. The zero-order valence-corrected chi connectivity index (χ0v) is 9.32. The van der Waals surface area contributed by atoms with Crippen LogP contribution in [-0.4, -0.2) is 4.98 Å². The van der Waals surface area contributed by atoms with Gasteiger partial charge in [-0.3, -0.25) is 4.98 Å². The molecule has 1 atom stereocenters. The highest BCUT2D eigenvalue weighted by molar-refractivity contribution is 5.25. The Labute approximate surface area is 95.4 Å². The third-order valence-corrected chi connectivity index (χ3v) is 3.06. The second kappa shape index (κ2) is 5.21. The van der Waals surface area contributed by atoms with E-state index in [1.807, 2.05) is 0 Å². The second-order valence-electron chi connectivity index (χ2n) is 4.29. The molecule has 1 aliphatic carbocycles. The van der Waals surface area contributed by atoms with Gasteiger partial charge in [0, 0.05) is 6.20 Å². The fraction of sp³-hybridized carbons (Fsp3) is 0.462. The van der Waals surface area contributed by atoms with Crippen molar-refractivity contribution in [3.05, 3.63) is 41.5 Å². The molecule has 1 aromatic heterocycles. The van der Waals surface area contributed by atoms with E-state index in [0.717, 1.165) is 18.4 Å². The number of aromatic nitrogens is 1. The molecule has 0 spiro atoms. The maximum absolute atomic E-state index is 13.0. The fourth-order valence-electron chi connectivity index (χ4n) is 2.13. The van der Waals surface area contributed by atoms with E-state index in [4.69, 9.17) is 5.73 Å². The lowest BCUT2D eigenvalue weighted by Crippen LogP contribution is -2.13. The van der Waals surface area contributed by atoms with Crippen molar-refractivity contribution in [2.24, 2.45) is 5.73 Å². The number of halogens is 1. The molecule has 0 saturated carbocycles. The minimum absolute atomic E-state index is 0.193. The number of allylic oxidation sites excluding steroid dienone is 1. The topological polar surface area (TPSA) is 38.9 Å². The highest BCUT2D eigenvalue weighted by Gasteiger charge is 2.14. The Kier molecular flexibility index (Phi) is 3.67. The van der Waals surface area contributed by atoms with Crippen LogP contribution in [0.15, 0.2) is 30.1 Å². The van der Waals surface area contributed by atoms with Gasteiger partial charge in [0.15, 0.2) is 0 Å². The smallest absolute Gasteiger partial charge is 0.141 e. The van der Waals surface area contributed by atoms with Gasteiger partial charge in [0.1, 0.15) is 5.82 Å². The molecule has 1 heterocycles. The summed E-state index contributed by atoms with van der Waals surface area (Å²) in [7, 11) is 0. The summed E-state index contributed by atoms with van der Waals surface area (Å²) in [6.45, 7) is 0. The summed E-state index contributed by atoms with van der Waals surface area (Å²) < 4.78 is 13.0. The van der Waals surface area contributed by atoms with Crippen molar-refractivity contribution in [2.75, 3.05) is 0 Å². The average molecular weight is 220 g/mol. The van der Waals surface area contributed by atoms with Crippen LogP contribution in [0, 0.1) is 5.82 Å². The van der Waals surface area contributed by atoms with Gasteiger partial charge < -0.3 is 5.73 Å². The first-order valence-electron chi connectivity index (χ1n) is 5.82. The number of pyridine rings is 1. The van der Waals surface area contributed by atoms with Crippen LogP contribution in [0.1, 0.15) is 43.7 Å². The van der Waals surface area contributed by atoms with E-state index in [1.54, 1.807) is 6.20 Å². The molecule has 0 amide bonds.